The van der Waals surface area contributed by atoms with Gasteiger partial charge in [0.2, 0.25) is 0 Å². The Kier molecular flexibility index (Phi) is 3.98. The van der Waals surface area contributed by atoms with Crippen molar-refractivity contribution >= 4 is 5.91 Å². The van der Waals surface area contributed by atoms with Crippen molar-refractivity contribution in [2.75, 3.05) is 6.54 Å². The van der Waals surface area contributed by atoms with E-state index in [1.165, 1.54) is 0 Å². The molecule has 0 spiro atoms. The summed E-state index contributed by atoms with van der Waals surface area (Å²) >= 11 is 0. The van der Waals surface area contributed by atoms with Crippen molar-refractivity contribution in [1.29, 1.82) is 0 Å². The number of amides is 1. The number of hydrogen-bond acceptors (Lipinski definition) is 4. The number of nitrogens with two attached hydrogens (primary N) is 1. The Morgan fingerprint density at radius 3 is 2.85 bits per heavy atom. The van der Waals surface area contributed by atoms with Crippen LogP contribution in [0.1, 0.15) is 31.2 Å². The standard InChI is InChI=1S/C15H21N3O2/c16-8-13-5-6-14(20-13)15(19)18(12-3-4-12)10-11-2-1-7-17-9-11/h1-2,7,9,12-14H,3-6,8,10,16H2. The van der Waals surface area contributed by atoms with Crippen molar-refractivity contribution in [3.63, 3.8) is 0 Å². The van der Waals surface area contributed by atoms with E-state index in [1.807, 2.05) is 23.2 Å². The lowest BCUT2D eigenvalue weighted by molar-refractivity contribution is -0.144. The van der Waals surface area contributed by atoms with Crippen LogP contribution >= 0.6 is 0 Å². The zero-order valence-electron chi connectivity index (χ0n) is 11.6. The monoisotopic (exact) mass is 275 g/mol. The Balaban J connectivity index is 1.66. The molecule has 3 rings (SSSR count). The molecule has 1 saturated heterocycles. The number of nitrogens with zero attached hydrogens (tertiary/aromatic N) is 2. The van der Waals surface area contributed by atoms with Gasteiger partial charge in [0, 0.05) is 31.5 Å². The van der Waals surface area contributed by atoms with Gasteiger partial charge in [0.25, 0.3) is 5.91 Å². The first kappa shape index (κ1) is 13.5. The predicted octanol–water partition coefficient (Wildman–Crippen LogP) is 1.08. The molecular weight excluding hydrogens is 254 g/mol. The van der Waals surface area contributed by atoms with Gasteiger partial charge in [0.1, 0.15) is 6.10 Å². The quantitative estimate of drug-likeness (QED) is 0.873. The summed E-state index contributed by atoms with van der Waals surface area (Å²) in [5.74, 6) is 0.118. The molecule has 2 unspecified atom stereocenters. The molecule has 2 aliphatic rings. The summed E-state index contributed by atoms with van der Waals surface area (Å²) in [6, 6.07) is 4.29. The van der Waals surface area contributed by atoms with Gasteiger partial charge >= 0.3 is 0 Å². The van der Waals surface area contributed by atoms with Gasteiger partial charge in [-0.25, -0.2) is 0 Å². The third-order valence-corrected chi connectivity index (χ3v) is 3.99. The second kappa shape index (κ2) is 5.89. The minimum atomic E-state index is -0.305. The van der Waals surface area contributed by atoms with E-state index in [4.69, 9.17) is 10.5 Å². The molecule has 108 valence electrons. The number of pyridine rings is 1. The molecule has 1 aromatic rings. The van der Waals surface area contributed by atoms with Gasteiger partial charge in [-0.15, -0.1) is 0 Å². The smallest absolute Gasteiger partial charge is 0.252 e. The number of aromatic nitrogens is 1. The molecule has 2 heterocycles. The van der Waals surface area contributed by atoms with Crippen LogP contribution < -0.4 is 5.73 Å². The third kappa shape index (κ3) is 2.99. The van der Waals surface area contributed by atoms with E-state index in [2.05, 4.69) is 4.98 Å². The van der Waals surface area contributed by atoms with Crippen molar-refractivity contribution in [3.8, 4) is 0 Å². The Hall–Kier alpha value is -1.46. The Morgan fingerprint density at radius 2 is 2.25 bits per heavy atom. The molecular formula is C15H21N3O2. The van der Waals surface area contributed by atoms with Gasteiger partial charge < -0.3 is 15.4 Å². The normalized spacial score (nSPS) is 25.6. The van der Waals surface area contributed by atoms with Crippen LogP contribution in [0.5, 0.6) is 0 Å². The first-order chi connectivity index (χ1) is 9.78. The molecule has 5 heteroatoms. The minimum absolute atomic E-state index is 0.0448. The molecule has 2 atom stereocenters. The van der Waals surface area contributed by atoms with E-state index in [9.17, 15) is 4.79 Å². The largest absolute Gasteiger partial charge is 0.364 e. The summed E-state index contributed by atoms with van der Waals surface area (Å²) in [7, 11) is 0. The Bertz CT molecular complexity index is 461. The van der Waals surface area contributed by atoms with Crippen LogP contribution in [0.2, 0.25) is 0 Å². The van der Waals surface area contributed by atoms with Crippen LogP contribution in [-0.2, 0) is 16.1 Å². The number of hydrogen-bond donors (Lipinski definition) is 1. The number of ether oxygens (including phenoxy) is 1. The average molecular weight is 275 g/mol. The molecule has 5 nitrogen and oxygen atoms in total. The highest BCUT2D eigenvalue weighted by Crippen LogP contribution is 2.31. The molecule has 0 radical (unpaired) electrons. The van der Waals surface area contributed by atoms with E-state index in [-0.39, 0.29) is 18.1 Å². The van der Waals surface area contributed by atoms with Crippen LogP contribution in [0.4, 0.5) is 0 Å². The highest BCUT2D eigenvalue weighted by atomic mass is 16.5. The summed E-state index contributed by atoms with van der Waals surface area (Å²) < 4.78 is 5.74. The molecule has 20 heavy (non-hydrogen) atoms. The highest BCUT2D eigenvalue weighted by molar-refractivity contribution is 5.81. The summed E-state index contributed by atoms with van der Waals surface area (Å²) in [5, 5.41) is 0. The molecule has 1 aliphatic carbocycles. The lowest BCUT2D eigenvalue weighted by Gasteiger charge is -2.25. The first-order valence-electron chi connectivity index (χ1n) is 7.33. The molecule has 2 N–H and O–H groups in total. The van der Waals surface area contributed by atoms with Crippen LogP contribution in [0.15, 0.2) is 24.5 Å². The molecule has 1 saturated carbocycles. The number of carbonyl (C=O) groups excluding carboxylic acids is 1. The topological polar surface area (TPSA) is 68.5 Å². The van der Waals surface area contributed by atoms with Gasteiger partial charge in [0.05, 0.1) is 6.10 Å². The Labute approximate surface area is 119 Å². The lowest BCUT2D eigenvalue weighted by atomic mass is 10.1. The number of carbonyl (C=O) groups is 1. The van der Waals surface area contributed by atoms with Gasteiger partial charge in [-0.3, -0.25) is 9.78 Å². The fourth-order valence-electron chi connectivity index (χ4n) is 2.71. The summed E-state index contributed by atoms with van der Waals surface area (Å²) in [4.78, 5) is 18.7. The molecule has 0 bridgehead atoms. The zero-order chi connectivity index (χ0) is 13.9. The lowest BCUT2D eigenvalue weighted by Crippen LogP contribution is -2.40. The fourth-order valence-corrected chi connectivity index (χ4v) is 2.71. The second-order valence-corrected chi connectivity index (χ2v) is 5.62. The van der Waals surface area contributed by atoms with E-state index in [0.717, 1.165) is 31.2 Å². The Morgan fingerprint density at radius 1 is 1.40 bits per heavy atom. The molecule has 1 aliphatic heterocycles. The van der Waals surface area contributed by atoms with Gasteiger partial charge in [-0.1, -0.05) is 6.07 Å². The van der Waals surface area contributed by atoms with Crippen molar-refractivity contribution in [1.82, 2.24) is 9.88 Å². The summed E-state index contributed by atoms with van der Waals surface area (Å²) in [6.45, 7) is 1.13. The van der Waals surface area contributed by atoms with Crippen LogP contribution in [0.3, 0.4) is 0 Å². The third-order valence-electron chi connectivity index (χ3n) is 3.99. The van der Waals surface area contributed by atoms with Gasteiger partial charge in [-0.2, -0.15) is 0 Å². The van der Waals surface area contributed by atoms with Crippen molar-refractivity contribution in [2.24, 2.45) is 5.73 Å². The second-order valence-electron chi connectivity index (χ2n) is 5.62. The maximum absolute atomic E-state index is 12.6. The van der Waals surface area contributed by atoms with Crippen LogP contribution in [0.25, 0.3) is 0 Å². The summed E-state index contributed by atoms with van der Waals surface area (Å²) in [5.41, 5.74) is 6.68. The fraction of sp³-hybridized carbons (Fsp3) is 0.600. The SMILES string of the molecule is NCC1CCC(C(=O)N(Cc2cccnc2)C2CC2)O1. The van der Waals surface area contributed by atoms with E-state index < -0.39 is 0 Å². The van der Waals surface area contributed by atoms with Gasteiger partial charge in [-0.05, 0) is 37.3 Å². The van der Waals surface area contributed by atoms with Crippen molar-refractivity contribution < 1.29 is 9.53 Å². The van der Waals surface area contributed by atoms with Crippen molar-refractivity contribution in [3.05, 3.63) is 30.1 Å². The highest BCUT2D eigenvalue weighted by Gasteiger charge is 2.39. The van der Waals surface area contributed by atoms with E-state index >= 15 is 0 Å². The molecule has 1 amide bonds. The minimum Gasteiger partial charge on any atom is -0.364 e. The first-order valence-corrected chi connectivity index (χ1v) is 7.33. The van der Waals surface area contributed by atoms with Crippen molar-refractivity contribution in [2.45, 2.75) is 50.5 Å². The van der Waals surface area contributed by atoms with Gasteiger partial charge in [0.15, 0.2) is 0 Å². The van der Waals surface area contributed by atoms with E-state index in [1.54, 1.807) is 6.20 Å². The maximum atomic E-state index is 12.6. The molecule has 1 aromatic heterocycles. The maximum Gasteiger partial charge on any atom is 0.252 e. The average Bonchev–Trinajstić information content (AvgIpc) is 3.21. The van der Waals surface area contributed by atoms with Crippen LogP contribution in [0, 0.1) is 0 Å². The molecule has 2 fully saturated rings. The number of rotatable bonds is 5. The van der Waals surface area contributed by atoms with E-state index in [0.29, 0.717) is 19.1 Å². The molecule has 0 aromatic carbocycles. The van der Waals surface area contributed by atoms with Crippen LogP contribution in [-0.4, -0.2) is 40.6 Å². The zero-order valence-corrected chi connectivity index (χ0v) is 11.6. The predicted molar refractivity (Wildman–Crippen MR) is 74.8 cm³/mol. The summed E-state index contributed by atoms with van der Waals surface area (Å²) in [6.07, 6.45) is 7.18.